The molecule has 0 aliphatic heterocycles. The smallest absolute Gasteiger partial charge is 0.306 e. The highest BCUT2D eigenvalue weighted by Crippen LogP contribution is 2.16. The lowest BCUT2D eigenvalue weighted by molar-refractivity contribution is -0.167. The van der Waals surface area contributed by atoms with Crippen LogP contribution < -0.4 is 0 Å². The highest BCUT2D eigenvalue weighted by Gasteiger charge is 2.19. The Bertz CT molecular complexity index is 1590. The number of rotatable bonds is 60. The first-order chi connectivity index (χ1) is 39.0. The van der Waals surface area contributed by atoms with Gasteiger partial charge in [-0.05, 0) is 109 Å². The van der Waals surface area contributed by atoms with E-state index in [0.29, 0.717) is 19.3 Å². The molecule has 0 spiro atoms. The first-order valence-corrected chi connectivity index (χ1v) is 33.4. The monoisotopic (exact) mass is 1100 g/mol. The van der Waals surface area contributed by atoms with Crippen LogP contribution in [0, 0.1) is 0 Å². The first kappa shape index (κ1) is 75.1. The third-order valence-electron chi connectivity index (χ3n) is 14.3. The SMILES string of the molecule is CC/C=C\C/C=C\C/C=C\C/C=C\C/C=C\C/C=C\CCCCCCCCC(=O)OCC(COC(=O)CCCCCCCCCCCCCCC)OC(=O)CCCCCCCCCC/C=C\C/C=C\C/C=C\CCCCCCC. The summed E-state index contributed by atoms with van der Waals surface area (Å²) in [6, 6.07) is 0. The first-order valence-electron chi connectivity index (χ1n) is 33.4. The molecule has 0 saturated carbocycles. The molecule has 0 fully saturated rings. The van der Waals surface area contributed by atoms with Crippen LogP contribution in [0.25, 0.3) is 0 Å². The molecule has 0 radical (unpaired) electrons. The normalized spacial score (nSPS) is 12.8. The van der Waals surface area contributed by atoms with Gasteiger partial charge in [0.25, 0.3) is 0 Å². The van der Waals surface area contributed by atoms with E-state index in [4.69, 9.17) is 14.2 Å². The molecule has 0 saturated heterocycles. The average Bonchev–Trinajstić information content (AvgIpc) is 3.45. The Kier molecular flexibility index (Phi) is 63.3. The van der Waals surface area contributed by atoms with Gasteiger partial charge < -0.3 is 14.2 Å². The Morgan fingerprint density at radius 3 is 0.772 bits per heavy atom. The van der Waals surface area contributed by atoms with E-state index in [0.717, 1.165) is 128 Å². The van der Waals surface area contributed by atoms with E-state index in [2.05, 4.69) is 130 Å². The van der Waals surface area contributed by atoms with Gasteiger partial charge in [0.1, 0.15) is 13.2 Å². The van der Waals surface area contributed by atoms with Crippen molar-refractivity contribution in [1.82, 2.24) is 0 Å². The van der Waals surface area contributed by atoms with Crippen LogP contribution in [-0.2, 0) is 28.6 Å². The second-order valence-corrected chi connectivity index (χ2v) is 22.0. The zero-order chi connectivity index (χ0) is 57.1. The van der Waals surface area contributed by atoms with Gasteiger partial charge in [0, 0.05) is 19.3 Å². The van der Waals surface area contributed by atoms with Crippen LogP contribution in [0.4, 0.5) is 0 Å². The van der Waals surface area contributed by atoms with E-state index in [-0.39, 0.29) is 31.1 Å². The summed E-state index contributed by atoms with van der Waals surface area (Å²) < 4.78 is 16.9. The van der Waals surface area contributed by atoms with E-state index in [1.807, 2.05) is 0 Å². The third-order valence-corrected chi connectivity index (χ3v) is 14.3. The van der Waals surface area contributed by atoms with Crippen molar-refractivity contribution in [2.45, 2.75) is 322 Å². The summed E-state index contributed by atoms with van der Waals surface area (Å²) in [6.07, 6.45) is 90.9. The summed E-state index contributed by atoms with van der Waals surface area (Å²) in [7, 11) is 0. The van der Waals surface area contributed by atoms with Crippen LogP contribution >= 0.6 is 0 Å². The van der Waals surface area contributed by atoms with Gasteiger partial charge in [-0.2, -0.15) is 0 Å². The van der Waals surface area contributed by atoms with Crippen molar-refractivity contribution in [3.8, 4) is 0 Å². The molecule has 0 aromatic heterocycles. The van der Waals surface area contributed by atoms with Crippen molar-refractivity contribution < 1.29 is 28.6 Å². The van der Waals surface area contributed by atoms with Crippen LogP contribution in [0.15, 0.2) is 109 Å². The fraction of sp³-hybridized carbons (Fsp3) is 0.712. The Hall–Kier alpha value is -3.93. The van der Waals surface area contributed by atoms with Crippen LogP contribution in [0.3, 0.4) is 0 Å². The number of hydrogen-bond acceptors (Lipinski definition) is 6. The molecule has 1 atom stereocenters. The van der Waals surface area contributed by atoms with Gasteiger partial charge in [-0.25, -0.2) is 0 Å². The number of allylic oxidation sites excluding steroid dienone is 18. The molecule has 6 heteroatoms. The predicted octanol–water partition coefficient (Wildman–Crippen LogP) is 23.0. The molecule has 0 aromatic rings. The summed E-state index contributed by atoms with van der Waals surface area (Å²) in [5.41, 5.74) is 0. The fourth-order valence-electron chi connectivity index (χ4n) is 9.28. The van der Waals surface area contributed by atoms with Gasteiger partial charge >= 0.3 is 17.9 Å². The summed E-state index contributed by atoms with van der Waals surface area (Å²) in [5.74, 6) is -0.897. The molecule has 0 amide bonds. The van der Waals surface area contributed by atoms with Crippen molar-refractivity contribution in [1.29, 1.82) is 0 Å². The summed E-state index contributed by atoms with van der Waals surface area (Å²) in [6.45, 7) is 6.52. The predicted molar refractivity (Wildman–Crippen MR) is 343 cm³/mol. The Morgan fingerprint density at radius 1 is 0.266 bits per heavy atom. The Balaban J connectivity index is 4.38. The van der Waals surface area contributed by atoms with Gasteiger partial charge in [-0.1, -0.05) is 297 Å². The molecule has 0 aromatic carbocycles. The van der Waals surface area contributed by atoms with Gasteiger partial charge in [0.15, 0.2) is 6.10 Å². The van der Waals surface area contributed by atoms with Crippen LogP contribution in [0.2, 0.25) is 0 Å². The second-order valence-electron chi connectivity index (χ2n) is 22.0. The molecule has 6 nitrogen and oxygen atoms in total. The zero-order valence-electron chi connectivity index (χ0n) is 51.9. The van der Waals surface area contributed by atoms with E-state index < -0.39 is 6.10 Å². The van der Waals surface area contributed by atoms with Crippen LogP contribution in [-0.4, -0.2) is 37.2 Å². The van der Waals surface area contributed by atoms with Crippen molar-refractivity contribution in [3.63, 3.8) is 0 Å². The lowest BCUT2D eigenvalue weighted by Gasteiger charge is -2.18. The lowest BCUT2D eigenvalue weighted by Crippen LogP contribution is -2.30. The maximum absolute atomic E-state index is 12.9. The second kappa shape index (κ2) is 66.6. The molecule has 452 valence electrons. The van der Waals surface area contributed by atoms with E-state index in [1.165, 1.54) is 148 Å². The number of ether oxygens (including phenoxy) is 3. The third kappa shape index (κ3) is 64.8. The molecule has 0 heterocycles. The molecule has 0 aliphatic carbocycles. The quantitative estimate of drug-likeness (QED) is 0.0261. The van der Waals surface area contributed by atoms with Gasteiger partial charge in [-0.3, -0.25) is 14.4 Å². The highest BCUT2D eigenvalue weighted by molar-refractivity contribution is 5.71. The standard InChI is InChI=1S/C73H124O6/c1-4-7-10-13-16-19-22-25-27-29-31-33-35-36-38-39-41-43-45-48-51-54-57-60-63-66-72(75)78-69-70(68-77-71(74)65-62-59-56-53-50-47-24-21-18-15-12-9-6-3)79-73(76)67-64-61-58-55-52-49-46-44-42-40-37-34-32-30-28-26-23-20-17-14-11-8-5-2/h7,10,16,19,23,25-27,30-33,36-38,40-41,43,70H,4-6,8-9,11-15,17-18,20-22,24,28-29,34-35,39,42,44-69H2,1-3H3/b10-7-,19-16-,26-23-,27-25-,32-30-,33-31-,38-36-,40-37-,43-41-. The number of esters is 3. The number of unbranched alkanes of at least 4 members (excludes halogenated alkanes) is 31. The molecule has 0 bridgehead atoms. The largest absolute Gasteiger partial charge is 0.462 e. The topological polar surface area (TPSA) is 78.9 Å². The van der Waals surface area contributed by atoms with E-state index >= 15 is 0 Å². The maximum atomic E-state index is 12.9. The van der Waals surface area contributed by atoms with Crippen LogP contribution in [0.5, 0.6) is 0 Å². The molecule has 0 aliphatic rings. The maximum Gasteiger partial charge on any atom is 0.306 e. The molecular weight excluding hydrogens is 973 g/mol. The molecule has 1 unspecified atom stereocenters. The fourth-order valence-corrected chi connectivity index (χ4v) is 9.28. The minimum Gasteiger partial charge on any atom is -0.462 e. The minimum absolute atomic E-state index is 0.0844. The van der Waals surface area contributed by atoms with Gasteiger partial charge in [0.2, 0.25) is 0 Å². The number of carbonyl (C=O) groups excluding carboxylic acids is 3. The summed E-state index contributed by atoms with van der Waals surface area (Å²) in [5, 5.41) is 0. The Morgan fingerprint density at radius 2 is 0.494 bits per heavy atom. The summed E-state index contributed by atoms with van der Waals surface area (Å²) >= 11 is 0. The van der Waals surface area contributed by atoms with Crippen LogP contribution in [0.1, 0.15) is 316 Å². The number of hydrogen-bond donors (Lipinski definition) is 0. The average molecular weight is 1100 g/mol. The lowest BCUT2D eigenvalue weighted by atomic mass is 10.0. The van der Waals surface area contributed by atoms with E-state index in [1.54, 1.807) is 0 Å². The number of carbonyl (C=O) groups is 3. The minimum atomic E-state index is -0.790. The highest BCUT2D eigenvalue weighted by atomic mass is 16.6. The van der Waals surface area contributed by atoms with Crippen molar-refractivity contribution in [2.24, 2.45) is 0 Å². The summed E-state index contributed by atoms with van der Waals surface area (Å²) in [4.78, 5) is 38.4. The van der Waals surface area contributed by atoms with E-state index in [9.17, 15) is 14.4 Å². The van der Waals surface area contributed by atoms with Crippen molar-refractivity contribution >= 4 is 17.9 Å². The van der Waals surface area contributed by atoms with Crippen molar-refractivity contribution in [3.05, 3.63) is 109 Å². The molecule has 0 N–H and O–H groups in total. The van der Waals surface area contributed by atoms with Gasteiger partial charge in [0.05, 0.1) is 0 Å². The Labute approximate surface area is 489 Å². The molecule has 0 rings (SSSR count). The van der Waals surface area contributed by atoms with Gasteiger partial charge in [-0.15, -0.1) is 0 Å². The van der Waals surface area contributed by atoms with Crippen molar-refractivity contribution in [2.75, 3.05) is 13.2 Å². The molecule has 79 heavy (non-hydrogen) atoms. The zero-order valence-corrected chi connectivity index (χ0v) is 51.9. The molecular formula is C73H124O6.